The van der Waals surface area contributed by atoms with Crippen molar-refractivity contribution in [3.05, 3.63) is 77.4 Å². The van der Waals surface area contributed by atoms with Crippen LogP contribution >= 0.6 is 0 Å². The lowest BCUT2D eigenvalue weighted by Gasteiger charge is -2.08. The molecule has 0 aliphatic heterocycles. The van der Waals surface area contributed by atoms with Gasteiger partial charge in [-0.2, -0.15) is 5.10 Å². The number of urea groups is 1. The van der Waals surface area contributed by atoms with E-state index in [2.05, 4.69) is 20.7 Å². The SMILES string of the molecule is Cc1nn(-c2ccccc2)c(C)c1CNC(=O)NCc1ccccn1. The monoisotopic (exact) mass is 335 g/mol. The number of aryl methyl sites for hydroxylation is 1. The van der Waals surface area contributed by atoms with Crippen LogP contribution in [0.25, 0.3) is 5.69 Å². The minimum absolute atomic E-state index is 0.225. The summed E-state index contributed by atoms with van der Waals surface area (Å²) in [4.78, 5) is 16.2. The second kappa shape index (κ2) is 7.61. The van der Waals surface area contributed by atoms with Gasteiger partial charge in [0.25, 0.3) is 0 Å². The van der Waals surface area contributed by atoms with Gasteiger partial charge in [-0.3, -0.25) is 4.98 Å². The summed E-state index contributed by atoms with van der Waals surface area (Å²) in [6, 6.07) is 15.3. The molecule has 2 N–H and O–H groups in total. The van der Waals surface area contributed by atoms with Gasteiger partial charge in [-0.15, -0.1) is 0 Å². The molecular formula is C19H21N5O. The second-order valence-electron chi connectivity index (χ2n) is 5.75. The molecule has 128 valence electrons. The topological polar surface area (TPSA) is 71.8 Å². The Labute approximate surface area is 146 Å². The van der Waals surface area contributed by atoms with E-state index in [4.69, 9.17) is 0 Å². The van der Waals surface area contributed by atoms with E-state index in [1.165, 1.54) is 0 Å². The van der Waals surface area contributed by atoms with Gasteiger partial charge in [0.05, 0.1) is 23.6 Å². The second-order valence-corrected chi connectivity index (χ2v) is 5.75. The molecule has 0 saturated heterocycles. The molecule has 2 amide bonds. The Morgan fingerprint density at radius 1 is 1.00 bits per heavy atom. The molecule has 0 aliphatic rings. The number of amides is 2. The summed E-state index contributed by atoms with van der Waals surface area (Å²) in [7, 11) is 0. The first kappa shape index (κ1) is 16.7. The summed E-state index contributed by atoms with van der Waals surface area (Å²) in [5, 5.41) is 10.3. The lowest BCUT2D eigenvalue weighted by molar-refractivity contribution is 0.240. The van der Waals surface area contributed by atoms with Crippen LogP contribution in [0.2, 0.25) is 0 Å². The number of benzene rings is 1. The maximum absolute atomic E-state index is 12.0. The third-order valence-electron chi connectivity index (χ3n) is 4.02. The molecule has 0 unspecified atom stereocenters. The van der Waals surface area contributed by atoms with Gasteiger partial charge in [0.1, 0.15) is 0 Å². The number of aromatic nitrogens is 3. The summed E-state index contributed by atoms with van der Waals surface area (Å²) >= 11 is 0. The lowest BCUT2D eigenvalue weighted by Crippen LogP contribution is -2.35. The number of nitrogens with one attached hydrogen (secondary N) is 2. The van der Waals surface area contributed by atoms with Crippen LogP contribution < -0.4 is 10.6 Å². The van der Waals surface area contributed by atoms with Crippen molar-refractivity contribution in [2.45, 2.75) is 26.9 Å². The Balaban J connectivity index is 1.61. The third kappa shape index (κ3) is 4.03. The molecule has 25 heavy (non-hydrogen) atoms. The van der Waals surface area contributed by atoms with Crippen LogP contribution in [0.4, 0.5) is 4.79 Å². The maximum Gasteiger partial charge on any atom is 0.315 e. The van der Waals surface area contributed by atoms with Crippen LogP contribution in [0.5, 0.6) is 0 Å². The number of para-hydroxylation sites is 1. The Kier molecular flexibility index (Phi) is 5.09. The average Bonchev–Trinajstić information content (AvgIpc) is 2.94. The highest BCUT2D eigenvalue weighted by Crippen LogP contribution is 2.17. The summed E-state index contributed by atoms with van der Waals surface area (Å²) in [5.74, 6) is 0. The van der Waals surface area contributed by atoms with E-state index < -0.39 is 0 Å². The highest BCUT2D eigenvalue weighted by Gasteiger charge is 2.13. The van der Waals surface area contributed by atoms with Gasteiger partial charge in [-0.05, 0) is 38.1 Å². The standard InChI is InChI=1S/C19H21N5O/c1-14-18(15(2)24(23-14)17-9-4-3-5-10-17)13-22-19(25)21-12-16-8-6-7-11-20-16/h3-11H,12-13H2,1-2H3,(H2,21,22,25). The van der Waals surface area contributed by atoms with E-state index >= 15 is 0 Å². The molecule has 0 bridgehead atoms. The summed E-state index contributed by atoms with van der Waals surface area (Å²) in [5.41, 5.74) is 4.79. The Hall–Kier alpha value is -3.15. The van der Waals surface area contributed by atoms with Crippen molar-refractivity contribution in [3.8, 4) is 5.69 Å². The third-order valence-corrected chi connectivity index (χ3v) is 4.02. The number of carbonyl (C=O) groups is 1. The van der Waals surface area contributed by atoms with Crippen LogP contribution in [0.1, 0.15) is 22.6 Å². The molecule has 2 aromatic heterocycles. The molecule has 0 aliphatic carbocycles. The van der Waals surface area contributed by atoms with Gasteiger partial charge in [-0.1, -0.05) is 24.3 Å². The van der Waals surface area contributed by atoms with Crippen molar-refractivity contribution in [1.82, 2.24) is 25.4 Å². The number of nitrogens with zero attached hydrogens (tertiary/aromatic N) is 3. The molecule has 1 aromatic carbocycles. The molecule has 0 radical (unpaired) electrons. The average molecular weight is 335 g/mol. The van der Waals surface area contributed by atoms with E-state index in [0.717, 1.165) is 28.3 Å². The predicted octanol–water partition coefficient (Wildman–Crippen LogP) is 2.88. The number of hydrogen-bond acceptors (Lipinski definition) is 3. The molecule has 2 heterocycles. The molecule has 0 atom stereocenters. The number of pyridine rings is 1. The normalized spacial score (nSPS) is 10.5. The molecule has 6 nitrogen and oxygen atoms in total. The van der Waals surface area contributed by atoms with Crippen LogP contribution in [-0.2, 0) is 13.1 Å². The Morgan fingerprint density at radius 3 is 2.44 bits per heavy atom. The maximum atomic E-state index is 12.0. The first-order valence-electron chi connectivity index (χ1n) is 8.17. The Morgan fingerprint density at radius 2 is 1.72 bits per heavy atom. The van der Waals surface area contributed by atoms with Crippen LogP contribution in [-0.4, -0.2) is 20.8 Å². The zero-order valence-corrected chi connectivity index (χ0v) is 14.4. The van der Waals surface area contributed by atoms with Gasteiger partial charge >= 0.3 is 6.03 Å². The van der Waals surface area contributed by atoms with Crippen molar-refractivity contribution in [1.29, 1.82) is 0 Å². The van der Waals surface area contributed by atoms with Crippen LogP contribution in [0.3, 0.4) is 0 Å². The fourth-order valence-corrected chi connectivity index (χ4v) is 2.66. The van der Waals surface area contributed by atoms with E-state index in [1.807, 2.05) is 67.1 Å². The minimum Gasteiger partial charge on any atom is -0.334 e. The molecule has 6 heteroatoms. The van der Waals surface area contributed by atoms with Gasteiger partial charge in [-0.25, -0.2) is 9.48 Å². The van der Waals surface area contributed by atoms with Gasteiger partial charge in [0, 0.05) is 24.0 Å². The molecule has 0 spiro atoms. The van der Waals surface area contributed by atoms with E-state index in [9.17, 15) is 4.79 Å². The fraction of sp³-hybridized carbons (Fsp3) is 0.211. The molecule has 0 fully saturated rings. The molecule has 0 saturated carbocycles. The zero-order chi connectivity index (χ0) is 17.6. The number of carbonyl (C=O) groups excluding carboxylic acids is 1. The highest BCUT2D eigenvalue weighted by molar-refractivity contribution is 5.73. The summed E-state index contributed by atoms with van der Waals surface area (Å²) in [6.07, 6.45) is 1.71. The fourth-order valence-electron chi connectivity index (χ4n) is 2.66. The molecule has 3 rings (SSSR count). The van der Waals surface area contributed by atoms with Gasteiger partial charge in [0.15, 0.2) is 0 Å². The van der Waals surface area contributed by atoms with E-state index in [0.29, 0.717) is 13.1 Å². The van der Waals surface area contributed by atoms with Crippen molar-refractivity contribution in [3.63, 3.8) is 0 Å². The predicted molar refractivity (Wildman–Crippen MR) is 96.4 cm³/mol. The van der Waals surface area contributed by atoms with Crippen LogP contribution in [0.15, 0.2) is 54.7 Å². The first-order valence-corrected chi connectivity index (χ1v) is 8.17. The van der Waals surface area contributed by atoms with E-state index in [-0.39, 0.29) is 6.03 Å². The quantitative estimate of drug-likeness (QED) is 0.753. The van der Waals surface area contributed by atoms with Gasteiger partial charge in [0.2, 0.25) is 0 Å². The van der Waals surface area contributed by atoms with Crippen molar-refractivity contribution >= 4 is 6.03 Å². The van der Waals surface area contributed by atoms with Crippen molar-refractivity contribution in [2.75, 3.05) is 0 Å². The molecular weight excluding hydrogens is 314 g/mol. The van der Waals surface area contributed by atoms with E-state index in [1.54, 1.807) is 6.20 Å². The zero-order valence-electron chi connectivity index (χ0n) is 14.4. The summed E-state index contributed by atoms with van der Waals surface area (Å²) in [6.45, 7) is 4.79. The van der Waals surface area contributed by atoms with Crippen molar-refractivity contribution < 1.29 is 4.79 Å². The molecule has 3 aromatic rings. The van der Waals surface area contributed by atoms with Crippen LogP contribution in [0, 0.1) is 13.8 Å². The lowest BCUT2D eigenvalue weighted by atomic mass is 10.2. The minimum atomic E-state index is -0.225. The smallest absolute Gasteiger partial charge is 0.315 e. The highest BCUT2D eigenvalue weighted by atomic mass is 16.2. The first-order chi connectivity index (χ1) is 12.1. The number of hydrogen-bond donors (Lipinski definition) is 2. The van der Waals surface area contributed by atoms with Crippen molar-refractivity contribution in [2.24, 2.45) is 0 Å². The number of rotatable bonds is 5. The largest absolute Gasteiger partial charge is 0.334 e. The Bertz CT molecular complexity index is 843. The van der Waals surface area contributed by atoms with Gasteiger partial charge < -0.3 is 10.6 Å². The summed E-state index contributed by atoms with van der Waals surface area (Å²) < 4.78 is 1.90.